The largest absolute Gasteiger partial charge is 0.374 e. The Bertz CT molecular complexity index is 764. The average Bonchev–Trinajstić information content (AvgIpc) is 3.22. The number of hydrogen-bond acceptors (Lipinski definition) is 4. The standard InChI is InChI=1S/C16H18N4O2S/c21-16(14-9-15-13(18-14)3-8-23-15)19-5-2-7-22-12(10-19)11-20-6-1-4-17-20/h1,3-4,6,8-9,12,18H,2,5,7,10-11H2/t12-/m0/s1. The number of ether oxygens (including phenoxy) is 1. The van der Waals surface area contributed by atoms with Crippen molar-refractivity contribution in [2.45, 2.75) is 19.1 Å². The van der Waals surface area contributed by atoms with Gasteiger partial charge in [0.1, 0.15) is 5.69 Å². The molecule has 1 fully saturated rings. The molecule has 120 valence electrons. The lowest BCUT2D eigenvalue weighted by Gasteiger charge is -2.23. The van der Waals surface area contributed by atoms with Crippen LogP contribution in [0.4, 0.5) is 0 Å². The minimum Gasteiger partial charge on any atom is -0.374 e. The fraction of sp³-hybridized carbons (Fsp3) is 0.375. The maximum Gasteiger partial charge on any atom is 0.270 e. The first-order valence-electron chi connectivity index (χ1n) is 7.74. The quantitative estimate of drug-likeness (QED) is 0.802. The Kier molecular flexibility index (Phi) is 3.88. The minimum absolute atomic E-state index is 0.0302. The molecule has 0 radical (unpaired) electrons. The molecule has 4 rings (SSSR count). The number of fused-ring (bicyclic) bond motifs is 1. The Labute approximate surface area is 137 Å². The molecule has 3 aromatic heterocycles. The van der Waals surface area contributed by atoms with Gasteiger partial charge in [-0.3, -0.25) is 9.48 Å². The van der Waals surface area contributed by atoms with Crippen molar-refractivity contribution >= 4 is 27.5 Å². The predicted octanol–water partition coefficient (Wildman–Crippen LogP) is 2.36. The van der Waals surface area contributed by atoms with Gasteiger partial charge in [-0.15, -0.1) is 11.3 Å². The highest BCUT2D eigenvalue weighted by molar-refractivity contribution is 7.17. The summed E-state index contributed by atoms with van der Waals surface area (Å²) in [6, 6.07) is 5.84. The molecule has 1 aliphatic rings. The van der Waals surface area contributed by atoms with Crippen LogP contribution < -0.4 is 0 Å². The fourth-order valence-electron chi connectivity index (χ4n) is 2.94. The van der Waals surface area contributed by atoms with Gasteiger partial charge >= 0.3 is 0 Å². The Morgan fingerprint density at radius 1 is 1.52 bits per heavy atom. The van der Waals surface area contributed by atoms with Gasteiger partial charge in [-0.25, -0.2) is 0 Å². The Balaban J connectivity index is 1.49. The van der Waals surface area contributed by atoms with Gasteiger partial charge in [-0.1, -0.05) is 0 Å². The lowest BCUT2D eigenvalue weighted by Crippen LogP contribution is -2.38. The molecule has 1 N–H and O–H groups in total. The van der Waals surface area contributed by atoms with Crippen LogP contribution >= 0.6 is 11.3 Å². The van der Waals surface area contributed by atoms with E-state index in [2.05, 4.69) is 10.1 Å². The number of aromatic nitrogens is 3. The van der Waals surface area contributed by atoms with E-state index in [1.54, 1.807) is 17.5 Å². The molecule has 0 aliphatic carbocycles. The van der Waals surface area contributed by atoms with E-state index in [9.17, 15) is 4.79 Å². The highest BCUT2D eigenvalue weighted by Gasteiger charge is 2.25. The van der Waals surface area contributed by atoms with Crippen LogP contribution in [-0.4, -0.2) is 51.4 Å². The molecule has 1 amide bonds. The van der Waals surface area contributed by atoms with E-state index in [0.717, 1.165) is 23.2 Å². The van der Waals surface area contributed by atoms with Gasteiger partial charge in [-0.2, -0.15) is 5.10 Å². The van der Waals surface area contributed by atoms with Gasteiger partial charge in [0.25, 0.3) is 5.91 Å². The van der Waals surface area contributed by atoms with Crippen LogP contribution in [0, 0.1) is 0 Å². The molecule has 6 nitrogen and oxygen atoms in total. The molecule has 7 heteroatoms. The molecule has 0 unspecified atom stereocenters. The van der Waals surface area contributed by atoms with Gasteiger partial charge in [0.15, 0.2) is 0 Å². The second-order valence-corrected chi connectivity index (χ2v) is 6.65. The van der Waals surface area contributed by atoms with E-state index < -0.39 is 0 Å². The number of amides is 1. The highest BCUT2D eigenvalue weighted by atomic mass is 32.1. The number of carbonyl (C=O) groups is 1. The second kappa shape index (κ2) is 6.17. The van der Waals surface area contributed by atoms with Crippen molar-refractivity contribution in [1.29, 1.82) is 0 Å². The van der Waals surface area contributed by atoms with Crippen molar-refractivity contribution in [2.24, 2.45) is 0 Å². The summed E-state index contributed by atoms with van der Waals surface area (Å²) in [5.74, 6) is 0.0457. The SMILES string of the molecule is O=C(c1cc2sccc2[nH]1)N1CCCO[C@H](Cn2cccn2)C1. The van der Waals surface area contributed by atoms with Crippen molar-refractivity contribution in [3.8, 4) is 0 Å². The molecular formula is C16H18N4O2S. The van der Waals surface area contributed by atoms with Crippen molar-refractivity contribution in [1.82, 2.24) is 19.7 Å². The van der Waals surface area contributed by atoms with Gasteiger partial charge in [0, 0.05) is 32.1 Å². The number of nitrogens with one attached hydrogen (secondary N) is 1. The van der Waals surface area contributed by atoms with Crippen molar-refractivity contribution in [2.75, 3.05) is 19.7 Å². The first-order valence-corrected chi connectivity index (χ1v) is 8.62. The van der Waals surface area contributed by atoms with Crippen LogP contribution in [-0.2, 0) is 11.3 Å². The number of carbonyl (C=O) groups excluding carboxylic acids is 1. The minimum atomic E-state index is -0.0302. The Hall–Kier alpha value is -2.12. The Morgan fingerprint density at radius 3 is 3.30 bits per heavy atom. The first kappa shape index (κ1) is 14.5. The monoisotopic (exact) mass is 330 g/mol. The topological polar surface area (TPSA) is 63.1 Å². The highest BCUT2D eigenvalue weighted by Crippen LogP contribution is 2.22. The predicted molar refractivity (Wildman–Crippen MR) is 88.7 cm³/mol. The van der Waals surface area contributed by atoms with E-state index in [4.69, 9.17) is 4.74 Å². The van der Waals surface area contributed by atoms with Gasteiger partial charge in [-0.05, 0) is 30.0 Å². The maximum absolute atomic E-state index is 12.8. The molecule has 0 aromatic carbocycles. The third kappa shape index (κ3) is 3.02. The van der Waals surface area contributed by atoms with Gasteiger partial charge < -0.3 is 14.6 Å². The first-order chi connectivity index (χ1) is 11.3. The molecule has 0 saturated carbocycles. The zero-order valence-electron chi connectivity index (χ0n) is 12.6. The van der Waals surface area contributed by atoms with Crippen molar-refractivity contribution < 1.29 is 9.53 Å². The zero-order valence-corrected chi connectivity index (χ0v) is 13.5. The van der Waals surface area contributed by atoms with Crippen LogP contribution in [0.2, 0.25) is 0 Å². The molecule has 0 bridgehead atoms. The molecule has 3 aromatic rings. The van der Waals surface area contributed by atoms with E-state index >= 15 is 0 Å². The summed E-state index contributed by atoms with van der Waals surface area (Å²) < 4.78 is 8.84. The number of hydrogen-bond donors (Lipinski definition) is 1. The summed E-state index contributed by atoms with van der Waals surface area (Å²) in [5, 5.41) is 6.24. The van der Waals surface area contributed by atoms with Crippen LogP contribution in [0.15, 0.2) is 36.0 Å². The smallest absolute Gasteiger partial charge is 0.270 e. The van der Waals surface area contributed by atoms with Gasteiger partial charge in [0.05, 0.1) is 22.9 Å². The molecule has 0 spiro atoms. The van der Waals surface area contributed by atoms with Gasteiger partial charge in [0.2, 0.25) is 0 Å². The second-order valence-electron chi connectivity index (χ2n) is 5.71. The normalized spacial score (nSPS) is 19.1. The Morgan fingerprint density at radius 2 is 2.48 bits per heavy atom. The van der Waals surface area contributed by atoms with Crippen LogP contribution in [0.1, 0.15) is 16.9 Å². The average molecular weight is 330 g/mol. The summed E-state index contributed by atoms with van der Waals surface area (Å²) in [4.78, 5) is 17.9. The molecule has 1 atom stereocenters. The molecule has 1 aliphatic heterocycles. The summed E-state index contributed by atoms with van der Waals surface area (Å²) in [6.45, 7) is 2.65. The summed E-state index contributed by atoms with van der Waals surface area (Å²) in [7, 11) is 0. The fourth-order valence-corrected chi connectivity index (χ4v) is 3.72. The molecule has 1 saturated heterocycles. The van der Waals surface area contributed by atoms with Crippen LogP contribution in [0.25, 0.3) is 10.2 Å². The van der Waals surface area contributed by atoms with Crippen molar-refractivity contribution in [3.05, 3.63) is 41.7 Å². The van der Waals surface area contributed by atoms with Crippen molar-refractivity contribution in [3.63, 3.8) is 0 Å². The number of rotatable bonds is 3. The molecule has 23 heavy (non-hydrogen) atoms. The lowest BCUT2D eigenvalue weighted by molar-refractivity contribution is 0.0366. The van der Waals surface area contributed by atoms with E-state index in [0.29, 0.717) is 25.4 Å². The summed E-state index contributed by atoms with van der Waals surface area (Å²) in [6.07, 6.45) is 4.50. The zero-order chi connectivity index (χ0) is 15.6. The lowest BCUT2D eigenvalue weighted by atomic mass is 10.3. The number of nitrogens with zero attached hydrogens (tertiary/aromatic N) is 3. The third-order valence-corrected chi connectivity index (χ3v) is 4.92. The molecule has 4 heterocycles. The van der Waals surface area contributed by atoms with E-state index in [1.165, 1.54) is 0 Å². The maximum atomic E-state index is 12.8. The number of H-pyrrole nitrogens is 1. The summed E-state index contributed by atoms with van der Waals surface area (Å²) in [5.41, 5.74) is 1.68. The van der Waals surface area contributed by atoms with Crippen LogP contribution in [0.3, 0.4) is 0 Å². The number of aromatic amines is 1. The molecular weight excluding hydrogens is 312 g/mol. The summed E-state index contributed by atoms with van der Waals surface area (Å²) >= 11 is 1.64. The number of thiophene rings is 1. The third-order valence-electron chi connectivity index (χ3n) is 4.06. The van der Waals surface area contributed by atoms with E-state index in [1.807, 2.05) is 39.4 Å². The van der Waals surface area contributed by atoms with Crippen LogP contribution in [0.5, 0.6) is 0 Å². The van der Waals surface area contributed by atoms with E-state index in [-0.39, 0.29) is 12.0 Å².